The third kappa shape index (κ3) is 4.60. The van der Waals surface area contributed by atoms with Gasteiger partial charge in [0.05, 0.1) is 22.9 Å². The molecule has 0 spiro atoms. The maximum Gasteiger partial charge on any atom is 0.237 e. The normalized spacial score (nSPS) is 12.1. The fourth-order valence-electron chi connectivity index (χ4n) is 0.949. The Morgan fingerprint density at radius 2 is 2.12 bits per heavy atom. The summed E-state index contributed by atoms with van der Waals surface area (Å²) in [5.41, 5.74) is 8.42. The summed E-state index contributed by atoms with van der Waals surface area (Å²) in [7, 11) is 0. The lowest BCUT2D eigenvalue weighted by molar-refractivity contribution is 0.0958. The van der Waals surface area contributed by atoms with Gasteiger partial charge in [0.25, 0.3) is 0 Å². The van der Waals surface area contributed by atoms with Gasteiger partial charge in [-0.2, -0.15) is 5.10 Å². The van der Waals surface area contributed by atoms with Crippen molar-refractivity contribution in [3.63, 3.8) is 0 Å². The molecule has 7 heteroatoms. The number of hydroxylamine groups is 1. The molecule has 0 aromatic heterocycles. The monoisotopic (exact) mass is 274 g/mol. The maximum atomic E-state index is 5.93. The maximum absolute atomic E-state index is 5.93. The molecule has 1 aromatic carbocycles. The van der Waals surface area contributed by atoms with E-state index in [2.05, 4.69) is 15.7 Å². The van der Waals surface area contributed by atoms with Crippen molar-refractivity contribution < 1.29 is 4.84 Å². The van der Waals surface area contributed by atoms with Gasteiger partial charge in [-0.3, -0.25) is 4.84 Å². The second-order valence-corrected chi connectivity index (χ2v) is 3.71. The molecule has 0 aliphatic heterocycles. The van der Waals surface area contributed by atoms with Gasteiger partial charge in [-0.25, -0.2) is 5.48 Å². The smallest absolute Gasteiger partial charge is 0.237 e. The highest BCUT2D eigenvalue weighted by atomic mass is 35.5. The first-order chi connectivity index (χ1) is 8.15. The minimum absolute atomic E-state index is 0.0475. The van der Waals surface area contributed by atoms with Crippen molar-refractivity contribution in [2.24, 2.45) is 15.9 Å². The van der Waals surface area contributed by atoms with E-state index in [9.17, 15) is 0 Å². The summed E-state index contributed by atoms with van der Waals surface area (Å²) in [6.45, 7) is 2.28. The second kappa shape index (κ2) is 7.11. The third-order valence-corrected chi connectivity index (χ3v) is 2.33. The molecule has 3 N–H and O–H groups in total. The minimum Gasteiger partial charge on any atom is -0.367 e. The molecule has 0 saturated carbocycles. The number of nitrogens with zero attached hydrogens (tertiary/aromatic N) is 2. The quantitative estimate of drug-likeness (QED) is 0.502. The minimum atomic E-state index is 0.0475. The molecule has 0 amide bonds. The van der Waals surface area contributed by atoms with E-state index in [0.29, 0.717) is 22.2 Å². The lowest BCUT2D eigenvalue weighted by Gasteiger charge is -2.01. The largest absolute Gasteiger partial charge is 0.367 e. The molecule has 0 bridgehead atoms. The van der Waals surface area contributed by atoms with E-state index in [0.717, 1.165) is 0 Å². The van der Waals surface area contributed by atoms with Gasteiger partial charge in [0.15, 0.2) is 0 Å². The molecule has 0 aliphatic rings. The second-order valence-electron chi connectivity index (χ2n) is 2.90. The van der Waals surface area contributed by atoms with Crippen LogP contribution in [-0.4, -0.2) is 18.8 Å². The molecular formula is C10H12Cl2N4O. The highest BCUT2D eigenvalue weighted by Crippen LogP contribution is 2.22. The van der Waals surface area contributed by atoms with Gasteiger partial charge >= 0.3 is 0 Å². The summed E-state index contributed by atoms with van der Waals surface area (Å²) in [5.74, 6) is 0.0475. The molecule has 0 heterocycles. The molecule has 5 nitrogen and oxygen atoms in total. The predicted octanol–water partition coefficient (Wildman–Crippen LogP) is 2.18. The summed E-state index contributed by atoms with van der Waals surface area (Å²) in [4.78, 5) is 4.81. The van der Waals surface area contributed by atoms with Crippen LogP contribution in [0.15, 0.2) is 28.4 Å². The van der Waals surface area contributed by atoms with Crippen LogP contribution < -0.4 is 11.2 Å². The van der Waals surface area contributed by atoms with Crippen LogP contribution in [0.4, 0.5) is 0 Å². The van der Waals surface area contributed by atoms with Crippen LogP contribution in [0.5, 0.6) is 0 Å². The van der Waals surface area contributed by atoms with Crippen molar-refractivity contribution in [2.75, 3.05) is 6.61 Å². The topological polar surface area (TPSA) is 72.0 Å². The van der Waals surface area contributed by atoms with Crippen LogP contribution in [-0.2, 0) is 4.84 Å². The first-order valence-electron chi connectivity index (χ1n) is 4.83. The molecule has 1 rings (SSSR count). The van der Waals surface area contributed by atoms with Crippen molar-refractivity contribution >= 4 is 35.4 Å². The van der Waals surface area contributed by atoms with Crippen LogP contribution in [0.2, 0.25) is 10.0 Å². The average Bonchev–Trinajstić information content (AvgIpc) is 2.30. The number of hydrogen-bond acceptors (Lipinski definition) is 3. The number of hydrogen-bond donors (Lipinski definition) is 2. The summed E-state index contributed by atoms with van der Waals surface area (Å²) in [6, 6.07) is 5.16. The first kappa shape index (κ1) is 13.8. The van der Waals surface area contributed by atoms with E-state index in [1.54, 1.807) is 18.2 Å². The SMILES string of the molecule is CCONC(N)=N/N=C/c1c(Cl)cccc1Cl. The third-order valence-electron chi connectivity index (χ3n) is 1.67. The van der Waals surface area contributed by atoms with Crippen molar-refractivity contribution in [1.29, 1.82) is 0 Å². The first-order valence-corrected chi connectivity index (χ1v) is 5.59. The van der Waals surface area contributed by atoms with E-state index < -0.39 is 0 Å². The van der Waals surface area contributed by atoms with Gasteiger partial charge in [-0.1, -0.05) is 29.3 Å². The van der Waals surface area contributed by atoms with E-state index in [1.807, 2.05) is 6.92 Å². The molecule has 0 aliphatic carbocycles. The molecule has 0 fully saturated rings. The number of guanidine groups is 1. The number of benzene rings is 1. The molecule has 0 unspecified atom stereocenters. The van der Waals surface area contributed by atoms with Crippen LogP contribution in [0, 0.1) is 0 Å². The number of halogens is 2. The van der Waals surface area contributed by atoms with Crippen molar-refractivity contribution in [3.05, 3.63) is 33.8 Å². The van der Waals surface area contributed by atoms with Crippen molar-refractivity contribution in [2.45, 2.75) is 6.92 Å². The Labute approximate surface area is 109 Å². The molecule has 17 heavy (non-hydrogen) atoms. The number of nitrogens with one attached hydrogen (secondary N) is 1. The van der Waals surface area contributed by atoms with Gasteiger partial charge in [-0.15, -0.1) is 5.10 Å². The zero-order chi connectivity index (χ0) is 12.7. The number of nitrogens with two attached hydrogens (primary N) is 1. The van der Waals surface area contributed by atoms with Gasteiger partial charge < -0.3 is 5.73 Å². The van der Waals surface area contributed by atoms with Crippen LogP contribution in [0.1, 0.15) is 12.5 Å². The summed E-state index contributed by atoms with van der Waals surface area (Å²) in [5, 5.41) is 8.38. The molecule has 0 radical (unpaired) electrons. The zero-order valence-corrected chi connectivity index (χ0v) is 10.7. The summed E-state index contributed by atoms with van der Waals surface area (Å²) >= 11 is 11.9. The molecule has 92 valence electrons. The van der Waals surface area contributed by atoms with Crippen LogP contribution in [0.25, 0.3) is 0 Å². The van der Waals surface area contributed by atoms with Gasteiger partial charge in [0.2, 0.25) is 5.96 Å². The lowest BCUT2D eigenvalue weighted by Crippen LogP contribution is -2.31. The fourth-order valence-corrected chi connectivity index (χ4v) is 1.44. The van der Waals surface area contributed by atoms with E-state index in [4.69, 9.17) is 33.8 Å². The Balaban J connectivity index is 2.71. The highest BCUT2D eigenvalue weighted by Gasteiger charge is 2.01. The highest BCUT2D eigenvalue weighted by molar-refractivity contribution is 6.38. The molecule has 0 saturated heterocycles. The van der Waals surface area contributed by atoms with Crippen molar-refractivity contribution in [3.8, 4) is 0 Å². The Morgan fingerprint density at radius 1 is 1.47 bits per heavy atom. The standard InChI is InChI=1S/C10H12Cl2N4O/c1-2-17-16-10(13)15-14-6-7-8(11)4-3-5-9(7)12/h3-6H,2H2,1H3,(H3,13,15,16)/b14-6+. The Hall–Kier alpha value is -1.30. The molecule has 1 aromatic rings. The van der Waals surface area contributed by atoms with Gasteiger partial charge in [0.1, 0.15) is 0 Å². The van der Waals surface area contributed by atoms with E-state index in [1.165, 1.54) is 6.21 Å². The van der Waals surface area contributed by atoms with Crippen LogP contribution >= 0.6 is 23.2 Å². The van der Waals surface area contributed by atoms with Gasteiger partial charge in [0, 0.05) is 5.56 Å². The average molecular weight is 275 g/mol. The predicted molar refractivity (Wildman–Crippen MR) is 70.4 cm³/mol. The molecule has 0 atom stereocenters. The lowest BCUT2D eigenvalue weighted by atomic mass is 10.2. The Kier molecular flexibility index (Phi) is 5.76. The number of rotatable bonds is 4. The van der Waals surface area contributed by atoms with E-state index in [-0.39, 0.29) is 5.96 Å². The van der Waals surface area contributed by atoms with Crippen LogP contribution in [0.3, 0.4) is 0 Å². The summed E-state index contributed by atoms with van der Waals surface area (Å²) in [6.07, 6.45) is 1.42. The summed E-state index contributed by atoms with van der Waals surface area (Å²) < 4.78 is 0. The fraction of sp³-hybridized carbons (Fsp3) is 0.200. The van der Waals surface area contributed by atoms with E-state index >= 15 is 0 Å². The Morgan fingerprint density at radius 3 is 2.71 bits per heavy atom. The van der Waals surface area contributed by atoms with Gasteiger partial charge in [-0.05, 0) is 19.1 Å². The molecular weight excluding hydrogens is 263 g/mol. The van der Waals surface area contributed by atoms with Crippen molar-refractivity contribution in [1.82, 2.24) is 5.48 Å². The Bertz CT molecular complexity index is 414. The zero-order valence-electron chi connectivity index (χ0n) is 9.15.